The summed E-state index contributed by atoms with van der Waals surface area (Å²) in [7, 11) is 0. The summed E-state index contributed by atoms with van der Waals surface area (Å²) in [6, 6.07) is -0.0573. The molecule has 1 fully saturated rings. The third-order valence-electron chi connectivity index (χ3n) is 4.13. The lowest BCUT2D eigenvalue weighted by Crippen LogP contribution is -2.40. The van der Waals surface area contributed by atoms with Gasteiger partial charge in [0.25, 0.3) is 0 Å². The van der Waals surface area contributed by atoms with Crippen LogP contribution < -0.4 is 10.6 Å². The zero-order valence-corrected chi connectivity index (χ0v) is 20.3. The molecule has 1 unspecified atom stereocenters. The standard InChI is InChI=1S/C18H31N5O3S.HI/c1-5-19-18(20-7-8-23-9-11-25-12-10-23)22-14(4)16-21-13(3)15(27-16)17(24)26-6-2;/h14H,5-12H2,1-4H3,(H2,19,20,22);1H. The molecule has 0 saturated carbocycles. The second-order valence-corrected chi connectivity index (χ2v) is 7.30. The quantitative estimate of drug-likeness (QED) is 0.233. The van der Waals surface area contributed by atoms with Gasteiger partial charge in [0.1, 0.15) is 9.88 Å². The first-order chi connectivity index (χ1) is 13.0. The van der Waals surface area contributed by atoms with E-state index in [1.54, 1.807) is 6.92 Å². The molecule has 8 nitrogen and oxygen atoms in total. The molecule has 1 aliphatic heterocycles. The van der Waals surface area contributed by atoms with Crippen LogP contribution in [0.3, 0.4) is 0 Å². The van der Waals surface area contributed by atoms with Crippen LogP contribution in [0.4, 0.5) is 0 Å². The Morgan fingerprint density at radius 3 is 2.75 bits per heavy atom. The Kier molecular flexibility index (Phi) is 11.9. The summed E-state index contributed by atoms with van der Waals surface area (Å²) >= 11 is 1.37. The molecular weight excluding hydrogens is 493 g/mol. The molecule has 0 bridgehead atoms. The normalized spacial score (nSPS) is 16.2. The van der Waals surface area contributed by atoms with Crippen molar-refractivity contribution in [2.75, 3.05) is 52.5 Å². The van der Waals surface area contributed by atoms with Gasteiger partial charge < -0.3 is 20.1 Å². The van der Waals surface area contributed by atoms with E-state index in [0.29, 0.717) is 23.7 Å². The molecule has 1 aliphatic rings. The van der Waals surface area contributed by atoms with Crippen molar-refractivity contribution in [3.8, 4) is 0 Å². The molecule has 1 aromatic heterocycles. The first kappa shape index (κ1) is 25.1. The van der Waals surface area contributed by atoms with Crippen molar-refractivity contribution in [1.29, 1.82) is 0 Å². The van der Waals surface area contributed by atoms with E-state index in [2.05, 4.69) is 25.5 Å². The Labute approximate surface area is 188 Å². The smallest absolute Gasteiger partial charge is 0.350 e. The van der Waals surface area contributed by atoms with Gasteiger partial charge in [-0.2, -0.15) is 0 Å². The summed E-state index contributed by atoms with van der Waals surface area (Å²) in [6.07, 6.45) is 0. The lowest BCUT2D eigenvalue weighted by molar-refractivity contribution is 0.0394. The van der Waals surface area contributed by atoms with Crippen LogP contribution in [0.5, 0.6) is 0 Å². The van der Waals surface area contributed by atoms with Gasteiger partial charge in [-0.15, -0.1) is 35.3 Å². The predicted molar refractivity (Wildman–Crippen MR) is 123 cm³/mol. The molecule has 28 heavy (non-hydrogen) atoms. The van der Waals surface area contributed by atoms with Crippen LogP contribution in [0.25, 0.3) is 0 Å². The second kappa shape index (κ2) is 13.3. The van der Waals surface area contributed by atoms with E-state index >= 15 is 0 Å². The van der Waals surface area contributed by atoms with Gasteiger partial charge in [-0.3, -0.25) is 9.89 Å². The highest BCUT2D eigenvalue weighted by Gasteiger charge is 2.20. The van der Waals surface area contributed by atoms with Gasteiger partial charge in [0, 0.05) is 26.2 Å². The summed E-state index contributed by atoms with van der Waals surface area (Å²) in [6.45, 7) is 14.0. The van der Waals surface area contributed by atoms with E-state index in [4.69, 9.17) is 9.47 Å². The number of guanidine groups is 1. The molecule has 0 spiro atoms. The van der Waals surface area contributed by atoms with Crippen LogP contribution in [-0.2, 0) is 9.47 Å². The molecule has 0 aliphatic carbocycles. The van der Waals surface area contributed by atoms with Crippen LogP contribution >= 0.6 is 35.3 Å². The summed E-state index contributed by atoms with van der Waals surface area (Å²) in [5, 5.41) is 7.48. The molecule has 2 heterocycles. The van der Waals surface area contributed by atoms with Crippen molar-refractivity contribution in [2.24, 2.45) is 4.99 Å². The van der Waals surface area contributed by atoms with E-state index in [-0.39, 0.29) is 36.0 Å². The number of esters is 1. The van der Waals surface area contributed by atoms with Gasteiger partial charge >= 0.3 is 5.97 Å². The number of aromatic nitrogens is 1. The molecule has 160 valence electrons. The van der Waals surface area contributed by atoms with Gasteiger partial charge in [0.05, 0.1) is 38.1 Å². The van der Waals surface area contributed by atoms with Gasteiger partial charge in [0.15, 0.2) is 5.96 Å². The highest BCUT2D eigenvalue weighted by atomic mass is 127. The third-order valence-corrected chi connectivity index (χ3v) is 5.45. The minimum Gasteiger partial charge on any atom is -0.462 e. The average Bonchev–Trinajstić information content (AvgIpc) is 3.05. The number of aliphatic imine (C=N–C) groups is 1. The summed E-state index contributed by atoms with van der Waals surface area (Å²) in [4.78, 5) is 24.1. The number of hydrogen-bond acceptors (Lipinski definition) is 7. The first-order valence-corrected chi connectivity index (χ1v) is 10.4. The van der Waals surface area contributed by atoms with Crippen molar-refractivity contribution < 1.29 is 14.3 Å². The Morgan fingerprint density at radius 1 is 1.39 bits per heavy atom. The number of nitrogens with zero attached hydrogens (tertiary/aromatic N) is 3. The molecule has 0 amide bonds. The minimum absolute atomic E-state index is 0. The second-order valence-electron chi connectivity index (χ2n) is 6.27. The Bertz CT molecular complexity index is 635. The SMILES string of the molecule is CCNC(=NCCN1CCOCC1)NC(C)c1nc(C)c(C(=O)OCC)s1.I. The van der Waals surface area contributed by atoms with E-state index in [1.807, 2.05) is 20.8 Å². The Balaban J connectivity index is 0.00000392. The van der Waals surface area contributed by atoms with Gasteiger partial charge in [-0.1, -0.05) is 0 Å². The van der Waals surface area contributed by atoms with Gasteiger partial charge in [0.2, 0.25) is 0 Å². The summed E-state index contributed by atoms with van der Waals surface area (Å²) in [5.74, 6) is 0.445. The molecule has 0 radical (unpaired) electrons. The third kappa shape index (κ3) is 7.80. The fourth-order valence-electron chi connectivity index (χ4n) is 2.70. The lowest BCUT2D eigenvalue weighted by atomic mass is 10.3. The first-order valence-electron chi connectivity index (χ1n) is 9.54. The highest BCUT2D eigenvalue weighted by molar-refractivity contribution is 14.0. The fraction of sp³-hybridized carbons (Fsp3) is 0.722. The lowest BCUT2D eigenvalue weighted by Gasteiger charge is -2.26. The number of morpholine rings is 1. The number of carbonyl (C=O) groups is 1. The maximum atomic E-state index is 12.0. The average molecular weight is 525 g/mol. The maximum absolute atomic E-state index is 12.0. The summed E-state index contributed by atoms with van der Waals surface area (Å²) in [5.41, 5.74) is 0.705. The van der Waals surface area contributed by atoms with E-state index in [9.17, 15) is 4.79 Å². The van der Waals surface area contributed by atoms with Crippen molar-refractivity contribution in [3.05, 3.63) is 15.6 Å². The number of halogens is 1. The van der Waals surface area contributed by atoms with E-state index in [0.717, 1.165) is 50.4 Å². The fourth-order valence-corrected chi connectivity index (χ4v) is 3.67. The molecule has 1 aromatic rings. The molecular formula is C18H32IN5O3S. The number of hydrogen-bond donors (Lipinski definition) is 2. The molecule has 10 heteroatoms. The minimum atomic E-state index is -0.308. The van der Waals surface area contributed by atoms with Crippen LogP contribution in [-0.4, -0.2) is 74.4 Å². The highest BCUT2D eigenvalue weighted by Crippen LogP contribution is 2.24. The zero-order valence-electron chi connectivity index (χ0n) is 17.1. The van der Waals surface area contributed by atoms with E-state index in [1.165, 1.54) is 11.3 Å². The molecule has 1 atom stereocenters. The number of aryl methyl sites for hydroxylation is 1. The largest absolute Gasteiger partial charge is 0.462 e. The van der Waals surface area contributed by atoms with Crippen molar-refractivity contribution in [1.82, 2.24) is 20.5 Å². The predicted octanol–water partition coefficient (Wildman–Crippen LogP) is 2.19. The van der Waals surface area contributed by atoms with Crippen LogP contribution in [0.15, 0.2) is 4.99 Å². The van der Waals surface area contributed by atoms with Crippen LogP contribution in [0.1, 0.15) is 47.2 Å². The van der Waals surface area contributed by atoms with Crippen LogP contribution in [0, 0.1) is 6.92 Å². The number of carbonyl (C=O) groups excluding carboxylic acids is 1. The topological polar surface area (TPSA) is 88.1 Å². The Morgan fingerprint density at radius 2 is 2.11 bits per heavy atom. The molecule has 1 saturated heterocycles. The van der Waals surface area contributed by atoms with Crippen molar-refractivity contribution in [3.63, 3.8) is 0 Å². The van der Waals surface area contributed by atoms with Gasteiger partial charge in [-0.25, -0.2) is 9.78 Å². The number of thiazole rings is 1. The molecule has 2 N–H and O–H groups in total. The van der Waals surface area contributed by atoms with Gasteiger partial charge in [-0.05, 0) is 27.7 Å². The number of rotatable bonds is 8. The maximum Gasteiger partial charge on any atom is 0.350 e. The number of nitrogens with one attached hydrogen (secondary N) is 2. The van der Waals surface area contributed by atoms with E-state index < -0.39 is 0 Å². The number of ether oxygens (including phenoxy) is 2. The molecule has 0 aromatic carbocycles. The van der Waals surface area contributed by atoms with Crippen molar-refractivity contribution in [2.45, 2.75) is 33.7 Å². The summed E-state index contributed by atoms with van der Waals surface area (Å²) < 4.78 is 10.5. The Hall–Kier alpha value is -0.980. The van der Waals surface area contributed by atoms with Crippen LogP contribution in [0.2, 0.25) is 0 Å². The van der Waals surface area contributed by atoms with Crippen molar-refractivity contribution >= 4 is 47.2 Å². The monoisotopic (exact) mass is 525 g/mol. The zero-order chi connectivity index (χ0) is 19.6. The molecule has 2 rings (SSSR count).